The predicted octanol–water partition coefficient (Wildman–Crippen LogP) is 1.96. The minimum Gasteiger partial charge on any atom is -0.480 e. The Bertz CT molecular complexity index is 377. The van der Waals surface area contributed by atoms with Crippen molar-refractivity contribution in [2.75, 3.05) is 6.61 Å². The molecular formula is C11H16F3NO4. The number of aliphatic carboxylic acids is 1. The Morgan fingerprint density at radius 1 is 1.42 bits per heavy atom. The number of carboxylic acid groups (broad SMARTS) is 1. The highest BCUT2D eigenvalue weighted by molar-refractivity contribution is 5.82. The lowest BCUT2D eigenvalue weighted by atomic mass is 10.1. The normalized spacial score (nSPS) is 29.4. The largest absolute Gasteiger partial charge is 0.480 e. The Morgan fingerprint density at radius 3 is 2.32 bits per heavy atom. The Labute approximate surface area is 108 Å². The molecule has 0 aromatic carbocycles. The first-order valence-electron chi connectivity index (χ1n) is 5.92. The summed E-state index contributed by atoms with van der Waals surface area (Å²) in [6.45, 7) is 2.74. The van der Waals surface area contributed by atoms with Crippen LogP contribution in [0.5, 0.6) is 0 Å². The third-order valence-electron chi connectivity index (χ3n) is 3.26. The van der Waals surface area contributed by atoms with E-state index in [2.05, 4.69) is 4.74 Å². The highest BCUT2D eigenvalue weighted by Crippen LogP contribution is 2.63. The van der Waals surface area contributed by atoms with Gasteiger partial charge in [-0.3, -0.25) is 0 Å². The molecule has 0 aliphatic heterocycles. The Hall–Kier alpha value is -1.47. The van der Waals surface area contributed by atoms with E-state index in [1.165, 1.54) is 0 Å². The molecule has 3 atom stereocenters. The van der Waals surface area contributed by atoms with Gasteiger partial charge in [-0.25, -0.2) is 22.8 Å². The molecule has 0 heterocycles. The van der Waals surface area contributed by atoms with Gasteiger partial charge in [0.15, 0.2) is 6.04 Å². The van der Waals surface area contributed by atoms with Crippen LogP contribution in [0, 0.1) is 5.92 Å². The Kier molecular flexibility index (Phi) is 4.32. The van der Waals surface area contributed by atoms with Gasteiger partial charge >= 0.3 is 12.1 Å². The number of carboxylic acids is 1. The van der Waals surface area contributed by atoms with Gasteiger partial charge in [0.1, 0.15) is 0 Å². The maximum atomic E-state index is 13.9. The molecular weight excluding hydrogens is 267 g/mol. The number of hydrogen-bond donors (Lipinski definition) is 2. The summed E-state index contributed by atoms with van der Waals surface area (Å²) >= 11 is 0. The molecule has 0 bridgehead atoms. The lowest BCUT2D eigenvalue weighted by Crippen LogP contribution is -2.51. The highest BCUT2D eigenvalue weighted by Gasteiger charge is 2.85. The Morgan fingerprint density at radius 2 is 1.95 bits per heavy atom. The molecule has 0 spiro atoms. The molecule has 3 unspecified atom stereocenters. The van der Waals surface area contributed by atoms with E-state index in [0.717, 1.165) is 13.3 Å². The number of alkyl carbamates (subject to hydrolysis) is 1. The van der Waals surface area contributed by atoms with E-state index >= 15 is 0 Å². The molecule has 1 amide bonds. The van der Waals surface area contributed by atoms with Crippen molar-refractivity contribution in [2.45, 2.75) is 44.3 Å². The molecule has 1 fully saturated rings. The lowest BCUT2D eigenvalue weighted by molar-refractivity contribution is -0.143. The Balaban J connectivity index is 2.66. The quantitative estimate of drug-likeness (QED) is 0.731. The van der Waals surface area contributed by atoms with Crippen molar-refractivity contribution in [1.82, 2.24) is 5.32 Å². The third kappa shape index (κ3) is 2.62. The highest BCUT2D eigenvalue weighted by atomic mass is 19.3. The number of amides is 1. The molecule has 0 saturated heterocycles. The van der Waals surface area contributed by atoms with Gasteiger partial charge in [-0.15, -0.1) is 0 Å². The molecule has 5 nitrogen and oxygen atoms in total. The molecule has 1 aliphatic rings. The van der Waals surface area contributed by atoms with Crippen molar-refractivity contribution in [3.05, 3.63) is 0 Å². The third-order valence-corrected chi connectivity index (χ3v) is 3.26. The molecule has 1 aliphatic carbocycles. The average molecular weight is 283 g/mol. The molecule has 110 valence electrons. The van der Waals surface area contributed by atoms with Gasteiger partial charge in [0.2, 0.25) is 5.67 Å². The molecule has 1 saturated carbocycles. The smallest absolute Gasteiger partial charge is 0.407 e. The molecule has 2 N–H and O–H groups in total. The number of hydrogen-bond acceptors (Lipinski definition) is 3. The van der Waals surface area contributed by atoms with Crippen LogP contribution in [0.15, 0.2) is 0 Å². The molecule has 0 radical (unpaired) electrons. The van der Waals surface area contributed by atoms with Crippen molar-refractivity contribution < 1.29 is 32.6 Å². The number of unbranched alkanes of at least 4 members (excludes halogenated alkanes) is 1. The minimum absolute atomic E-state index is 0.0138. The first kappa shape index (κ1) is 15.6. The van der Waals surface area contributed by atoms with Crippen LogP contribution in [0.25, 0.3) is 0 Å². The van der Waals surface area contributed by atoms with Crippen LogP contribution in [-0.4, -0.2) is 41.4 Å². The van der Waals surface area contributed by atoms with Crippen LogP contribution < -0.4 is 5.32 Å². The van der Waals surface area contributed by atoms with Crippen LogP contribution in [0.1, 0.15) is 26.7 Å². The monoisotopic (exact) mass is 283 g/mol. The summed E-state index contributed by atoms with van der Waals surface area (Å²) in [7, 11) is 0. The van der Waals surface area contributed by atoms with Crippen molar-refractivity contribution >= 4 is 12.1 Å². The van der Waals surface area contributed by atoms with Gasteiger partial charge in [-0.2, -0.15) is 0 Å². The van der Waals surface area contributed by atoms with Crippen LogP contribution in [0.2, 0.25) is 0 Å². The zero-order chi connectivity index (χ0) is 14.8. The van der Waals surface area contributed by atoms with E-state index in [0.29, 0.717) is 6.42 Å². The van der Waals surface area contributed by atoms with E-state index in [-0.39, 0.29) is 6.61 Å². The van der Waals surface area contributed by atoms with Crippen LogP contribution in [0.4, 0.5) is 18.0 Å². The summed E-state index contributed by atoms with van der Waals surface area (Å²) in [6.07, 6.45) is 0.0591. The molecule has 0 aromatic heterocycles. The summed E-state index contributed by atoms with van der Waals surface area (Å²) in [6, 6.07) is -2.33. The van der Waals surface area contributed by atoms with Crippen LogP contribution in [0.3, 0.4) is 0 Å². The second-order valence-electron chi connectivity index (χ2n) is 4.52. The summed E-state index contributed by atoms with van der Waals surface area (Å²) < 4.78 is 44.7. The summed E-state index contributed by atoms with van der Waals surface area (Å²) in [4.78, 5) is 22.1. The van der Waals surface area contributed by atoms with Gasteiger partial charge in [-0.1, -0.05) is 20.3 Å². The zero-order valence-electron chi connectivity index (χ0n) is 10.6. The number of rotatable bonds is 6. The maximum Gasteiger partial charge on any atom is 0.407 e. The van der Waals surface area contributed by atoms with E-state index < -0.39 is 35.6 Å². The standard InChI is InChI=1S/C11H16F3NO4/c1-3-4-5-19-9(18)15-7(8(16)17)10(12)6(2)11(10,13)14/h6-7H,3-5H2,1-2H3,(H,15,18)(H,16,17). The summed E-state index contributed by atoms with van der Waals surface area (Å²) in [5.41, 5.74) is -3.28. The number of nitrogens with one attached hydrogen (secondary N) is 1. The van der Waals surface area contributed by atoms with Crippen molar-refractivity contribution in [3.8, 4) is 0 Å². The fourth-order valence-electron chi connectivity index (χ4n) is 1.82. The zero-order valence-corrected chi connectivity index (χ0v) is 10.6. The van der Waals surface area contributed by atoms with Crippen LogP contribution >= 0.6 is 0 Å². The van der Waals surface area contributed by atoms with Crippen LogP contribution in [-0.2, 0) is 9.53 Å². The fourth-order valence-corrected chi connectivity index (χ4v) is 1.82. The number of alkyl halides is 3. The molecule has 0 aromatic rings. The number of halogens is 3. The van der Waals surface area contributed by atoms with Gasteiger partial charge in [0.05, 0.1) is 12.5 Å². The van der Waals surface area contributed by atoms with Gasteiger partial charge in [-0.05, 0) is 6.42 Å². The topological polar surface area (TPSA) is 75.6 Å². The average Bonchev–Trinajstić information content (AvgIpc) is 2.71. The minimum atomic E-state index is -3.77. The fraction of sp³-hybridized carbons (Fsp3) is 0.818. The lowest BCUT2D eigenvalue weighted by Gasteiger charge is -2.18. The first-order valence-corrected chi connectivity index (χ1v) is 5.92. The van der Waals surface area contributed by atoms with E-state index in [1.807, 2.05) is 6.92 Å². The summed E-state index contributed by atoms with van der Waals surface area (Å²) in [5.74, 6) is -7.40. The van der Waals surface area contributed by atoms with Gasteiger partial charge in [0, 0.05) is 0 Å². The number of ether oxygens (including phenoxy) is 1. The predicted molar refractivity (Wildman–Crippen MR) is 58.8 cm³/mol. The second kappa shape index (κ2) is 5.26. The second-order valence-corrected chi connectivity index (χ2v) is 4.52. The maximum absolute atomic E-state index is 13.9. The van der Waals surface area contributed by atoms with Gasteiger partial charge in [0.25, 0.3) is 5.92 Å². The van der Waals surface area contributed by atoms with Gasteiger partial charge < -0.3 is 15.2 Å². The van der Waals surface area contributed by atoms with E-state index in [1.54, 1.807) is 5.32 Å². The van der Waals surface area contributed by atoms with E-state index in [4.69, 9.17) is 5.11 Å². The molecule has 19 heavy (non-hydrogen) atoms. The molecule has 8 heteroatoms. The van der Waals surface area contributed by atoms with Crippen molar-refractivity contribution in [2.24, 2.45) is 5.92 Å². The van der Waals surface area contributed by atoms with Crippen molar-refractivity contribution in [3.63, 3.8) is 0 Å². The number of carbonyl (C=O) groups excluding carboxylic acids is 1. The first-order chi connectivity index (χ1) is 8.69. The molecule has 1 rings (SSSR count). The van der Waals surface area contributed by atoms with E-state index in [9.17, 15) is 22.8 Å². The SMILES string of the molecule is CCCCOC(=O)NC(C(=O)O)C1(F)C(C)C1(F)F. The number of carbonyl (C=O) groups is 2. The van der Waals surface area contributed by atoms with Crippen molar-refractivity contribution in [1.29, 1.82) is 0 Å². The summed E-state index contributed by atoms with van der Waals surface area (Å²) in [5, 5.41) is 10.4.